The van der Waals surface area contributed by atoms with E-state index >= 15 is 0 Å². The van der Waals surface area contributed by atoms with Gasteiger partial charge in [-0.15, -0.1) is 0 Å². The van der Waals surface area contributed by atoms with Gasteiger partial charge in [0.15, 0.2) is 0 Å². The van der Waals surface area contributed by atoms with Crippen LogP contribution >= 0.6 is 0 Å². The molecule has 0 atom stereocenters. The van der Waals surface area contributed by atoms with Crippen molar-refractivity contribution in [3.63, 3.8) is 0 Å². The van der Waals surface area contributed by atoms with Crippen LogP contribution in [-0.2, 0) is 16.0 Å². The fraction of sp³-hybridized carbons (Fsp3) is 0.500. The van der Waals surface area contributed by atoms with E-state index in [9.17, 15) is 14.7 Å². The Morgan fingerprint density at radius 3 is 2.52 bits per heavy atom. The number of unbranched alkanes of at least 4 members (excludes halogenated alkanes) is 3. The number of esters is 1. The maximum absolute atomic E-state index is 11.4. The molecule has 0 bridgehead atoms. The van der Waals surface area contributed by atoms with Crippen LogP contribution in [0.5, 0.6) is 11.5 Å². The molecule has 0 fully saturated rings. The number of aliphatic carboxylic acids is 1. The number of hydrogen-bond acceptors (Lipinski definition) is 4. The lowest BCUT2D eigenvalue weighted by Gasteiger charge is -2.08. The van der Waals surface area contributed by atoms with E-state index < -0.39 is 11.9 Å². The molecule has 1 aromatic carbocycles. The number of carbonyl (C=O) groups excluding carboxylic acids is 1. The van der Waals surface area contributed by atoms with Crippen molar-refractivity contribution in [3.8, 4) is 11.5 Å². The quantitative estimate of drug-likeness (QED) is 0.415. The highest BCUT2D eigenvalue weighted by Gasteiger charge is 2.10. The molecule has 0 aromatic heterocycles. The molecule has 1 rings (SSSR count). The molecule has 0 radical (unpaired) electrons. The molecule has 0 unspecified atom stereocenters. The molecular formula is C16H22O5. The molecule has 21 heavy (non-hydrogen) atoms. The highest BCUT2D eigenvalue weighted by molar-refractivity contribution is 5.78. The average Bonchev–Trinajstić information content (AvgIpc) is 2.43. The SMILES string of the molecule is CCCCCCc1ccc(OC(=O)CCC(=O)O)cc1O. The highest BCUT2D eigenvalue weighted by Crippen LogP contribution is 2.25. The summed E-state index contributed by atoms with van der Waals surface area (Å²) in [4.78, 5) is 21.7. The molecule has 0 amide bonds. The van der Waals surface area contributed by atoms with Gasteiger partial charge in [0.2, 0.25) is 0 Å². The van der Waals surface area contributed by atoms with Gasteiger partial charge >= 0.3 is 11.9 Å². The molecule has 5 nitrogen and oxygen atoms in total. The number of aryl methyl sites for hydroxylation is 1. The Bertz CT molecular complexity index is 482. The molecule has 5 heteroatoms. The number of carboxylic acids is 1. The van der Waals surface area contributed by atoms with Gasteiger partial charge in [0.1, 0.15) is 11.5 Å². The van der Waals surface area contributed by atoms with Gasteiger partial charge < -0.3 is 14.9 Å². The Balaban J connectivity index is 2.49. The second kappa shape index (κ2) is 9.00. The molecular weight excluding hydrogens is 272 g/mol. The molecule has 0 spiro atoms. The van der Waals surface area contributed by atoms with Crippen molar-refractivity contribution in [1.82, 2.24) is 0 Å². The van der Waals surface area contributed by atoms with Gasteiger partial charge in [0.25, 0.3) is 0 Å². The summed E-state index contributed by atoms with van der Waals surface area (Å²) in [6, 6.07) is 4.75. The van der Waals surface area contributed by atoms with Crippen molar-refractivity contribution < 1.29 is 24.5 Å². The van der Waals surface area contributed by atoms with E-state index in [4.69, 9.17) is 9.84 Å². The second-order valence-electron chi connectivity index (χ2n) is 4.97. The molecule has 0 heterocycles. The van der Waals surface area contributed by atoms with Crippen LogP contribution in [0.4, 0.5) is 0 Å². The molecule has 0 saturated heterocycles. The third-order valence-corrected chi connectivity index (χ3v) is 3.13. The van der Waals surface area contributed by atoms with Gasteiger partial charge in [-0.25, -0.2) is 0 Å². The number of benzene rings is 1. The van der Waals surface area contributed by atoms with Crippen LogP contribution in [0.3, 0.4) is 0 Å². The van der Waals surface area contributed by atoms with Crippen molar-refractivity contribution in [3.05, 3.63) is 23.8 Å². The number of phenols is 1. The molecule has 0 aliphatic heterocycles. The number of carboxylic acid groups (broad SMARTS) is 1. The van der Waals surface area contributed by atoms with Crippen LogP contribution in [0, 0.1) is 0 Å². The van der Waals surface area contributed by atoms with E-state index in [0.29, 0.717) is 0 Å². The van der Waals surface area contributed by atoms with E-state index in [1.807, 2.05) is 0 Å². The molecule has 1 aromatic rings. The maximum atomic E-state index is 11.4. The first-order chi connectivity index (χ1) is 10.0. The van der Waals surface area contributed by atoms with Gasteiger partial charge in [-0.2, -0.15) is 0 Å². The Kier molecular flexibility index (Phi) is 7.29. The Labute approximate surface area is 124 Å². The van der Waals surface area contributed by atoms with Crippen LogP contribution in [0.2, 0.25) is 0 Å². The summed E-state index contributed by atoms with van der Waals surface area (Å²) in [5, 5.41) is 18.4. The largest absolute Gasteiger partial charge is 0.508 e. The van der Waals surface area contributed by atoms with Gasteiger partial charge in [-0.1, -0.05) is 32.3 Å². The number of carbonyl (C=O) groups is 2. The van der Waals surface area contributed by atoms with Gasteiger partial charge in [0, 0.05) is 6.07 Å². The fourth-order valence-corrected chi connectivity index (χ4v) is 1.95. The number of aromatic hydroxyl groups is 1. The summed E-state index contributed by atoms with van der Waals surface area (Å²) >= 11 is 0. The first-order valence-electron chi connectivity index (χ1n) is 7.27. The molecule has 2 N–H and O–H groups in total. The Morgan fingerprint density at radius 1 is 1.14 bits per heavy atom. The van der Waals surface area contributed by atoms with Crippen LogP contribution in [0.15, 0.2) is 18.2 Å². The minimum atomic E-state index is -1.04. The third-order valence-electron chi connectivity index (χ3n) is 3.13. The standard InChI is InChI=1S/C16H22O5/c1-2-3-4-5-6-12-7-8-13(11-14(12)17)21-16(20)10-9-15(18)19/h7-8,11,17H,2-6,9-10H2,1H3,(H,18,19). The zero-order valence-corrected chi connectivity index (χ0v) is 12.3. The first-order valence-corrected chi connectivity index (χ1v) is 7.27. The van der Waals surface area contributed by atoms with Gasteiger partial charge in [-0.3, -0.25) is 9.59 Å². The highest BCUT2D eigenvalue weighted by atomic mass is 16.5. The number of phenolic OH excluding ortho intramolecular Hbond substituents is 1. The lowest BCUT2D eigenvalue weighted by atomic mass is 10.1. The average molecular weight is 294 g/mol. The van der Waals surface area contributed by atoms with E-state index in [0.717, 1.165) is 31.2 Å². The Morgan fingerprint density at radius 2 is 1.90 bits per heavy atom. The van der Waals surface area contributed by atoms with Crippen molar-refractivity contribution >= 4 is 11.9 Å². The van der Waals surface area contributed by atoms with E-state index in [-0.39, 0.29) is 24.3 Å². The Hall–Kier alpha value is -2.04. The number of hydrogen-bond donors (Lipinski definition) is 2. The van der Waals surface area contributed by atoms with E-state index in [2.05, 4.69) is 6.92 Å². The van der Waals surface area contributed by atoms with Crippen LogP contribution in [0.1, 0.15) is 51.0 Å². The summed E-state index contributed by atoms with van der Waals surface area (Å²) in [5.41, 5.74) is 0.830. The number of rotatable bonds is 9. The van der Waals surface area contributed by atoms with Crippen molar-refractivity contribution in [1.29, 1.82) is 0 Å². The second-order valence-corrected chi connectivity index (χ2v) is 4.97. The van der Waals surface area contributed by atoms with Crippen molar-refractivity contribution in [2.24, 2.45) is 0 Å². The van der Waals surface area contributed by atoms with Gasteiger partial charge in [0.05, 0.1) is 12.8 Å². The smallest absolute Gasteiger partial charge is 0.311 e. The zero-order valence-electron chi connectivity index (χ0n) is 12.3. The molecule has 0 aliphatic carbocycles. The zero-order chi connectivity index (χ0) is 15.7. The first kappa shape index (κ1) is 17.0. The minimum Gasteiger partial charge on any atom is -0.508 e. The topological polar surface area (TPSA) is 83.8 Å². The lowest BCUT2D eigenvalue weighted by molar-refractivity contribution is -0.142. The van der Waals surface area contributed by atoms with Crippen LogP contribution < -0.4 is 4.74 Å². The van der Waals surface area contributed by atoms with E-state index in [1.165, 1.54) is 12.5 Å². The van der Waals surface area contributed by atoms with E-state index in [1.54, 1.807) is 12.1 Å². The van der Waals surface area contributed by atoms with Gasteiger partial charge in [-0.05, 0) is 24.5 Å². The van der Waals surface area contributed by atoms with Crippen molar-refractivity contribution in [2.75, 3.05) is 0 Å². The fourth-order valence-electron chi connectivity index (χ4n) is 1.95. The summed E-state index contributed by atoms with van der Waals surface area (Å²) in [7, 11) is 0. The van der Waals surface area contributed by atoms with Crippen molar-refractivity contribution in [2.45, 2.75) is 51.9 Å². The normalized spacial score (nSPS) is 10.3. The summed E-state index contributed by atoms with van der Waals surface area (Å²) < 4.78 is 4.98. The predicted octanol–water partition coefficient (Wildman–Crippen LogP) is 3.29. The van der Waals surface area contributed by atoms with Crippen LogP contribution in [0.25, 0.3) is 0 Å². The summed E-state index contributed by atoms with van der Waals surface area (Å²) in [6.07, 6.45) is 4.83. The molecule has 0 saturated carbocycles. The lowest BCUT2D eigenvalue weighted by Crippen LogP contribution is -2.10. The molecule has 116 valence electrons. The third kappa shape index (κ3) is 6.79. The monoisotopic (exact) mass is 294 g/mol. The predicted molar refractivity (Wildman–Crippen MR) is 78.5 cm³/mol. The summed E-state index contributed by atoms with van der Waals surface area (Å²) in [5.74, 6) is -1.32. The summed E-state index contributed by atoms with van der Waals surface area (Å²) in [6.45, 7) is 2.14. The minimum absolute atomic E-state index is 0.107. The molecule has 0 aliphatic rings. The van der Waals surface area contributed by atoms with Crippen LogP contribution in [-0.4, -0.2) is 22.2 Å². The number of ether oxygens (including phenoxy) is 1. The maximum Gasteiger partial charge on any atom is 0.311 e.